The Morgan fingerprint density at radius 1 is 0.881 bits per heavy atom. The number of carboxylic acid groups (broad SMARTS) is 1. The number of benzene rings is 3. The molecule has 1 fully saturated rings. The second-order valence-corrected chi connectivity index (χ2v) is 11.1. The number of anilines is 1. The van der Waals surface area contributed by atoms with Crippen LogP contribution in [0.2, 0.25) is 5.02 Å². The standard InChI is InChI=1S/C34H35ClN4O3/c35-28-16-13-27(14-17-28)22-29-12-7-20-39(29)34-36-23-30(31(37-34)18-15-25-8-3-1-4-9-25)33(42)38(24-32(40)41)21-19-26-10-5-2-6-11-26/h1-6,8-11,13-14,16-17,23,29H,7,12,15,18-22,24H2,(H,40,41)/t29-/m1/s1. The lowest BCUT2D eigenvalue weighted by Crippen LogP contribution is -2.38. The van der Waals surface area contributed by atoms with E-state index in [-0.39, 0.29) is 25.0 Å². The third-order valence-corrected chi connectivity index (χ3v) is 7.98. The number of hydrogen-bond acceptors (Lipinski definition) is 5. The highest BCUT2D eigenvalue weighted by Gasteiger charge is 2.29. The third-order valence-electron chi connectivity index (χ3n) is 7.72. The molecule has 0 bridgehead atoms. The molecule has 1 N–H and O–H groups in total. The summed E-state index contributed by atoms with van der Waals surface area (Å²) in [6, 6.07) is 28.0. The van der Waals surface area contributed by atoms with Crippen molar-refractivity contribution in [3.63, 3.8) is 0 Å². The largest absolute Gasteiger partial charge is 0.480 e. The number of aliphatic carboxylic acids is 1. The number of carbonyl (C=O) groups is 2. The first-order valence-corrected chi connectivity index (χ1v) is 14.8. The minimum atomic E-state index is -1.05. The molecule has 0 spiro atoms. The highest BCUT2D eigenvalue weighted by atomic mass is 35.5. The predicted octanol–water partition coefficient (Wildman–Crippen LogP) is 5.90. The fourth-order valence-corrected chi connectivity index (χ4v) is 5.65. The molecule has 1 atom stereocenters. The van der Waals surface area contributed by atoms with E-state index in [4.69, 9.17) is 16.6 Å². The van der Waals surface area contributed by atoms with Gasteiger partial charge in [0.05, 0.1) is 11.3 Å². The maximum absolute atomic E-state index is 13.9. The quantitative estimate of drug-likeness (QED) is 0.224. The lowest BCUT2D eigenvalue weighted by Gasteiger charge is -2.26. The summed E-state index contributed by atoms with van der Waals surface area (Å²) >= 11 is 6.09. The van der Waals surface area contributed by atoms with Crippen LogP contribution < -0.4 is 4.90 Å². The molecule has 0 aliphatic carbocycles. The molecule has 1 saturated heterocycles. The van der Waals surface area contributed by atoms with E-state index in [1.165, 1.54) is 10.5 Å². The summed E-state index contributed by atoms with van der Waals surface area (Å²) in [5.74, 6) is -0.802. The molecular weight excluding hydrogens is 548 g/mol. The molecule has 3 aromatic carbocycles. The zero-order chi connectivity index (χ0) is 29.3. The van der Waals surface area contributed by atoms with E-state index < -0.39 is 5.97 Å². The SMILES string of the molecule is O=C(O)CN(CCc1ccccc1)C(=O)c1cnc(N2CCC[C@@H]2Cc2ccc(Cl)cc2)nc1CCc1ccccc1. The van der Waals surface area contributed by atoms with Gasteiger partial charge in [0.15, 0.2) is 0 Å². The second-order valence-electron chi connectivity index (χ2n) is 10.7. The fourth-order valence-electron chi connectivity index (χ4n) is 5.52. The number of hydrogen-bond donors (Lipinski definition) is 1. The molecule has 2 heterocycles. The van der Waals surface area contributed by atoms with Crippen molar-refractivity contribution < 1.29 is 14.7 Å². The van der Waals surface area contributed by atoms with Gasteiger partial charge in [0.25, 0.3) is 5.91 Å². The Bertz CT molecular complexity index is 1480. The smallest absolute Gasteiger partial charge is 0.323 e. The second kappa shape index (κ2) is 14.1. The van der Waals surface area contributed by atoms with Crippen molar-refractivity contribution in [2.75, 3.05) is 24.5 Å². The van der Waals surface area contributed by atoms with Gasteiger partial charge in [0, 0.05) is 30.4 Å². The van der Waals surface area contributed by atoms with Gasteiger partial charge in [-0.2, -0.15) is 0 Å². The predicted molar refractivity (Wildman–Crippen MR) is 165 cm³/mol. The number of rotatable bonds is 12. The van der Waals surface area contributed by atoms with Crippen LogP contribution in [-0.4, -0.2) is 57.5 Å². The zero-order valence-corrected chi connectivity index (χ0v) is 24.3. The molecule has 1 aromatic heterocycles. The summed E-state index contributed by atoms with van der Waals surface area (Å²) in [5, 5.41) is 10.3. The van der Waals surface area contributed by atoms with Gasteiger partial charge in [0.1, 0.15) is 6.54 Å². The van der Waals surface area contributed by atoms with Crippen LogP contribution in [0.15, 0.2) is 91.1 Å². The summed E-state index contributed by atoms with van der Waals surface area (Å²) in [7, 11) is 0. The molecule has 5 rings (SSSR count). The summed E-state index contributed by atoms with van der Waals surface area (Å²) in [6.07, 6.45) is 6.31. The fraction of sp³-hybridized carbons (Fsp3) is 0.294. The van der Waals surface area contributed by atoms with Crippen LogP contribution in [0.5, 0.6) is 0 Å². The van der Waals surface area contributed by atoms with Gasteiger partial charge in [-0.3, -0.25) is 9.59 Å². The minimum absolute atomic E-state index is 0.240. The highest BCUT2D eigenvalue weighted by Crippen LogP contribution is 2.27. The van der Waals surface area contributed by atoms with Crippen molar-refractivity contribution in [1.29, 1.82) is 0 Å². The molecule has 216 valence electrons. The van der Waals surface area contributed by atoms with Gasteiger partial charge in [-0.15, -0.1) is 0 Å². The van der Waals surface area contributed by atoms with E-state index in [9.17, 15) is 14.7 Å². The van der Waals surface area contributed by atoms with Crippen molar-refractivity contribution in [3.05, 3.63) is 124 Å². The third kappa shape index (κ3) is 7.74. The Balaban J connectivity index is 1.41. The first-order chi connectivity index (χ1) is 20.5. The molecular formula is C34H35ClN4O3. The highest BCUT2D eigenvalue weighted by molar-refractivity contribution is 6.30. The number of nitrogens with zero attached hydrogens (tertiary/aromatic N) is 4. The summed E-state index contributed by atoms with van der Waals surface area (Å²) in [4.78, 5) is 38.9. The topological polar surface area (TPSA) is 86.6 Å². The van der Waals surface area contributed by atoms with Gasteiger partial charge in [-0.1, -0.05) is 84.4 Å². The molecule has 0 unspecified atom stereocenters. The average Bonchev–Trinajstić information content (AvgIpc) is 3.48. The number of carboxylic acids is 1. The first-order valence-electron chi connectivity index (χ1n) is 14.4. The Morgan fingerprint density at radius 3 is 2.21 bits per heavy atom. The van der Waals surface area contributed by atoms with E-state index in [0.717, 1.165) is 42.0 Å². The van der Waals surface area contributed by atoms with Crippen LogP contribution in [-0.2, 0) is 30.5 Å². The molecule has 1 aliphatic rings. The van der Waals surface area contributed by atoms with Crippen LogP contribution in [0.1, 0.15) is 45.6 Å². The molecule has 1 aliphatic heterocycles. The number of amides is 1. The first kappa shape index (κ1) is 29.3. The maximum Gasteiger partial charge on any atom is 0.323 e. The van der Waals surface area contributed by atoms with Crippen LogP contribution in [0, 0.1) is 0 Å². The number of aromatic nitrogens is 2. The molecule has 1 amide bonds. The van der Waals surface area contributed by atoms with Gasteiger partial charge < -0.3 is 14.9 Å². The minimum Gasteiger partial charge on any atom is -0.480 e. The van der Waals surface area contributed by atoms with E-state index in [2.05, 4.69) is 34.1 Å². The van der Waals surface area contributed by atoms with Crippen molar-refractivity contribution in [2.45, 2.75) is 44.6 Å². The molecule has 7 nitrogen and oxygen atoms in total. The van der Waals surface area contributed by atoms with E-state index >= 15 is 0 Å². The van der Waals surface area contributed by atoms with Gasteiger partial charge in [-0.25, -0.2) is 9.97 Å². The Kier molecular flexibility index (Phi) is 9.82. The van der Waals surface area contributed by atoms with Crippen molar-refractivity contribution in [3.8, 4) is 0 Å². The van der Waals surface area contributed by atoms with Crippen LogP contribution in [0.4, 0.5) is 5.95 Å². The summed E-state index contributed by atoms with van der Waals surface area (Å²) in [6.45, 7) is 0.733. The zero-order valence-electron chi connectivity index (χ0n) is 23.5. The van der Waals surface area contributed by atoms with E-state index in [1.807, 2.05) is 60.7 Å². The number of halogens is 1. The summed E-state index contributed by atoms with van der Waals surface area (Å²) < 4.78 is 0. The Hall–Kier alpha value is -4.23. The molecule has 0 radical (unpaired) electrons. The molecule has 8 heteroatoms. The number of aryl methyl sites for hydroxylation is 2. The van der Waals surface area contributed by atoms with Crippen LogP contribution in [0.3, 0.4) is 0 Å². The van der Waals surface area contributed by atoms with Crippen LogP contribution >= 0.6 is 11.6 Å². The lowest BCUT2D eigenvalue weighted by atomic mass is 10.0. The molecule has 0 saturated carbocycles. The molecule has 4 aromatic rings. The average molecular weight is 583 g/mol. The van der Waals surface area contributed by atoms with Crippen LogP contribution in [0.25, 0.3) is 0 Å². The monoisotopic (exact) mass is 582 g/mol. The van der Waals surface area contributed by atoms with Crippen molar-refractivity contribution in [2.24, 2.45) is 0 Å². The van der Waals surface area contributed by atoms with Crippen molar-refractivity contribution >= 4 is 29.4 Å². The lowest BCUT2D eigenvalue weighted by molar-refractivity contribution is -0.137. The normalized spacial score (nSPS) is 14.6. The maximum atomic E-state index is 13.9. The summed E-state index contributed by atoms with van der Waals surface area (Å²) in [5.41, 5.74) is 4.38. The van der Waals surface area contributed by atoms with Gasteiger partial charge in [0.2, 0.25) is 5.95 Å². The van der Waals surface area contributed by atoms with E-state index in [0.29, 0.717) is 36.5 Å². The number of carbonyl (C=O) groups excluding carboxylic acids is 1. The Labute approximate surface area is 251 Å². The Morgan fingerprint density at radius 2 is 1.55 bits per heavy atom. The van der Waals surface area contributed by atoms with Gasteiger partial charge in [-0.05, 0) is 67.3 Å². The van der Waals surface area contributed by atoms with E-state index in [1.54, 1.807) is 6.20 Å². The molecule has 42 heavy (non-hydrogen) atoms. The van der Waals surface area contributed by atoms with Gasteiger partial charge >= 0.3 is 5.97 Å². The van der Waals surface area contributed by atoms with Crippen molar-refractivity contribution in [1.82, 2.24) is 14.9 Å².